The van der Waals surface area contributed by atoms with Crippen LogP contribution in [0.25, 0.3) is 0 Å². The van der Waals surface area contributed by atoms with Crippen molar-refractivity contribution in [2.24, 2.45) is 0 Å². The van der Waals surface area contributed by atoms with E-state index in [2.05, 4.69) is 0 Å². The summed E-state index contributed by atoms with van der Waals surface area (Å²) in [4.78, 5) is 16.9. The molecule has 0 aliphatic carbocycles. The van der Waals surface area contributed by atoms with E-state index in [1.807, 2.05) is 32.7 Å². The lowest BCUT2D eigenvalue weighted by Gasteiger charge is -2.50. The zero-order valence-electron chi connectivity index (χ0n) is 20.3. The van der Waals surface area contributed by atoms with Gasteiger partial charge in [0.1, 0.15) is 5.75 Å². The number of aryl methyl sites for hydroxylation is 1. The fourth-order valence-electron chi connectivity index (χ4n) is 5.26. The molecule has 4 rings (SSSR count). The average molecular weight is 500 g/mol. The van der Waals surface area contributed by atoms with Gasteiger partial charge in [0.2, 0.25) is 0 Å². The van der Waals surface area contributed by atoms with Crippen molar-refractivity contribution in [2.75, 3.05) is 26.7 Å². The Kier molecular flexibility index (Phi) is 6.40. The maximum atomic E-state index is 14.2. The number of alkyl halides is 5. The van der Waals surface area contributed by atoms with E-state index in [1.165, 1.54) is 6.07 Å². The monoisotopic (exact) mass is 499 g/mol. The fourth-order valence-corrected chi connectivity index (χ4v) is 5.26. The largest absolute Gasteiger partial charge is 0.491 e. The Bertz CT molecular complexity index is 1100. The number of nitrogens with zero attached hydrogens (tertiary/aromatic N) is 3. The van der Waals surface area contributed by atoms with E-state index >= 15 is 0 Å². The first-order valence-corrected chi connectivity index (χ1v) is 11.7. The lowest BCUT2D eigenvalue weighted by atomic mass is 9.81. The normalized spacial score (nSPS) is 18.7. The number of piperidine rings is 1. The molecule has 5 nitrogen and oxygen atoms in total. The number of carbonyl (C=O) groups excluding carboxylic acids is 1. The van der Waals surface area contributed by atoms with E-state index < -0.39 is 23.3 Å². The Morgan fingerprint density at radius 3 is 2.23 bits per heavy atom. The smallest absolute Gasteiger partial charge is 0.459 e. The summed E-state index contributed by atoms with van der Waals surface area (Å²) in [5.41, 5.74) is 0.0938. The summed E-state index contributed by atoms with van der Waals surface area (Å²) in [7, 11) is 1.85. The molecule has 2 aliphatic heterocycles. The summed E-state index contributed by atoms with van der Waals surface area (Å²) in [5, 5.41) is 0. The number of benzene rings is 1. The molecular formula is C25H30F5N3O2. The molecule has 3 heterocycles. The van der Waals surface area contributed by atoms with Gasteiger partial charge in [-0.25, -0.2) is 0 Å². The van der Waals surface area contributed by atoms with Crippen molar-refractivity contribution in [3.05, 3.63) is 52.8 Å². The van der Waals surface area contributed by atoms with Crippen LogP contribution >= 0.6 is 0 Å². The van der Waals surface area contributed by atoms with Gasteiger partial charge in [-0.15, -0.1) is 0 Å². The summed E-state index contributed by atoms with van der Waals surface area (Å²) >= 11 is 0. The SMILES string of the molecule is Cc1cc(C(=O)N2CCC3(CC2)c2ccc(C(F)(F)C(F)(F)F)n2CCN3C)ccc1OC(C)C. The van der Waals surface area contributed by atoms with Gasteiger partial charge in [0.05, 0.1) is 17.3 Å². The summed E-state index contributed by atoms with van der Waals surface area (Å²) in [6, 6.07) is 7.57. The second kappa shape index (κ2) is 8.80. The van der Waals surface area contributed by atoms with E-state index in [1.54, 1.807) is 23.1 Å². The van der Waals surface area contributed by atoms with Crippen LogP contribution in [0.1, 0.15) is 54.0 Å². The van der Waals surface area contributed by atoms with E-state index in [4.69, 9.17) is 4.74 Å². The van der Waals surface area contributed by atoms with E-state index in [-0.39, 0.29) is 18.6 Å². The molecule has 2 aliphatic rings. The van der Waals surface area contributed by atoms with Crippen molar-refractivity contribution in [1.82, 2.24) is 14.4 Å². The van der Waals surface area contributed by atoms with Crippen LogP contribution < -0.4 is 4.74 Å². The van der Waals surface area contributed by atoms with E-state index in [0.717, 1.165) is 16.2 Å². The lowest BCUT2D eigenvalue weighted by Crippen LogP contribution is -2.57. The minimum Gasteiger partial charge on any atom is -0.491 e. The Labute approximate surface area is 201 Å². The molecule has 0 saturated carbocycles. The molecule has 1 saturated heterocycles. The zero-order chi connectivity index (χ0) is 25.8. The minimum absolute atomic E-state index is 0.0107. The molecule has 1 aromatic heterocycles. The third kappa shape index (κ3) is 4.30. The summed E-state index contributed by atoms with van der Waals surface area (Å²) in [5.74, 6) is -4.36. The number of halogens is 5. The standard InChI is InChI=1S/C25H30F5N3O2/c1-16(2)35-19-6-5-18(15-17(19)3)22(34)32-11-9-23(10-12-32)20-7-8-21(24(26,27)25(28,29)30)33(20)14-13-31(23)4/h5-8,15-16H,9-14H2,1-4H3. The molecule has 10 heteroatoms. The highest BCUT2D eigenvalue weighted by molar-refractivity contribution is 5.94. The van der Waals surface area contributed by atoms with Crippen molar-refractivity contribution >= 4 is 5.91 Å². The predicted octanol–water partition coefficient (Wildman–Crippen LogP) is 5.31. The molecule has 0 unspecified atom stereocenters. The maximum Gasteiger partial charge on any atom is 0.459 e. The molecule has 35 heavy (non-hydrogen) atoms. The second-order valence-electron chi connectivity index (χ2n) is 9.72. The van der Waals surface area contributed by atoms with Crippen molar-refractivity contribution in [3.8, 4) is 5.75 Å². The minimum atomic E-state index is -5.66. The first-order valence-electron chi connectivity index (χ1n) is 11.7. The highest BCUT2D eigenvalue weighted by Gasteiger charge is 2.61. The van der Waals surface area contributed by atoms with Gasteiger partial charge in [0.15, 0.2) is 0 Å². The second-order valence-corrected chi connectivity index (χ2v) is 9.72. The first-order chi connectivity index (χ1) is 16.3. The molecule has 192 valence electrons. The van der Waals surface area contributed by atoms with E-state index in [0.29, 0.717) is 49.5 Å². The van der Waals surface area contributed by atoms with Crippen LogP contribution in [0.4, 0.5) is 22.0 Å². The Balaban J connectivity index is 1.55. The van der Waals surface area contributed by atoms with E-state index in [9.17, 15) is 26.7 Å². The number of carbonyl (C=O) groups is 1. The summed E-state index contributed by atoms with van der Waals surface area (Å²) in [6.07, 6.45) is -4.79. The molecule has 0 bridgehead atoms. The molecule has 0 radical (unpaired) electrons. The Morgan fingerprint density at radius 1 is 1.00 bits per heavy atom. The maximum absolute atomic E-state index is 14.2. The van der Waals surface area contributed by atoms with Crippen molar-refractivity contribution in [1.29, 1.82) is 0 Å². The molecular weight excluding hydrogens is 469 g/mol. The number of ether oxygens (including phenoxy) is 1. The quantitative estimate of drug-likeness (QED) is 0.535. The highest BCUT2D eigenvalue weighted by Crippen LogP contribution is 2.48. The molecule has 1 aromatic carbocycles. The fraction of sp³-hybridized carbons (Fsp3) is 0.560. The van der Waals surface area contributed by atoms with Gasteiger partial charge >= 0.3 is 12.1 Å². The third-order valence-corrected chi connectivity index (χ3v) is 7.19. The van der Waals surface area contributed by atoms with Crippen LogP contribution in [0, 0.1) is 6.92 Å². The number of hydrogen-bond donors (Lipinski definition) is 0. The molecule has 1 spiro atoms. The van der Waals surface area contributed by atoms with Crippen LogP contribution in [-0.4, -0.2) is 59.2 Å². The third-order valence-electron chi connectivity index (χ3n) is 7.19. The van der Waals surface area contributed by atoms with Gasteiger partial charge in [-0.3, -0.25) is 9.69 Å². The predicted molar refractivity (Wildman–Crippen MR) is 121 cm³/mol. The molecule has 2 aromatic rings. The summed E-state index contributed by atoms with van der Waals surface area (Å²) < 4.78 is 74.5. The van der Waals surface area contributed by atoms with Crippen molar-refractivity contribution < 1.29 is 31.5 Å². The van der Waals surface area contributed by atoms with Crippen molar-refractivity contribution in [2.45, 2.75) is 63.9 Å². The number of fused-ring (bicyclic) bond motifs is 2. The van der Waals surface area contributed by atoms with Gasteiger partial charge in [-0.2, -0.15) is 22.0 Å². The average Bonchev–Trinajstić information content (AvgIpc) is 3.23. The van der Waals surface area contributed by atoms with Gasteiger partial charge in [-0.1, -0.05) is 0 Å². The molecule has 0 atom stereocenters. The first kappa shape index (κ1) is 25.5. The number of likely N-dealkylation sites (tertiary alicyclic amines) is 1. The number of hydrogen-bond acceptors (Lipinski definition) is 3. The number of aromatic nitrogens is 1. The molecule has 1 amide bonds. The Morgan fingerprint density at radius 2 is 1.66 bits per heavy atom. The van der Waals surface area contributed by atoms with Crippen LogP contribution in [0.3, 0.4) is 0 Å². The zero-order valence-corrected chi connectivity index (χ0v) is 20.3. The van der Waals surface area contributed by atoms with Gasteiger partial charge < -0.3 is 14.2 Å². The van der Waals surface area contributed by atoms with Gasteiger partial charge in [0, 0.05) is 37.4 Å². The van der Waals surface area contributed by atoms with Crippen LogP contribution in [0.5, 0.6) is 5.75 Å². The number of likely N-dealkylation sites (N-methyl/N-ethyl adjacent to an activating group) is 1. The van der Waals surface area contributed by atoms with Crippen LogP contribution in [-0.2, 0) is 18.0 Å². The Hall–Kier alpha value is -2.62. The topological polar surface area (TPSA) is 37.7 Å². The highest BCUT2D eigenvalue weighted by atomic mass is 19.4. The van der Waals surface area contributed by atoms with Gasteiger partial charge in [0.25, 0.3) is 5.91 Å². The number of amides is 1. The van der Waals surface area contributed by atoms with Crippen LogP contribution in [0.15, 0.2) is 30.3 Å². The summed E-state index contributed by atoms with van der Waals surface area (Å²) in [6.45, 7) is 6.84. The number of rotatable bonds is 4. The van der Waals surface area contributed by atoms with Crippen molar-refractivity contribution in [3.63, 3.8) is 0 Å². The lowest BCUT2D eigenvalue weighted by molar-refractivity contribution is -0.292. The van der Waals surface area contributed by atoms with Gasteiger partial charge in [-0.05, 0) is 76.6 Å². The van der Waals surface area contributed by atoms with Crippen LogP contribution in [0.2, 0.25) is 0 Å². The molecule has 1 fully saturated rings. The molecule has 0 N–H and O–H groups in total.